The molecule has 90 valence electrons. The fourth-order valence-corrected chi connectivity index (χ4v) is 1.83. The van der Waals surface area contributed by atoms with Crippen LogP contribution in [0.5, 0.6) is 0 Å². The number of hydrogen-bond acceptors (Lipinski definition) is 2. The molecule has 2 heteroatoms. The maximum absolute atomic E-state index is 8.73. The number of nitriles is 1. The molecule has 0 spiro atoms. The Morgan fingerprint density at radius 3 is 2.33 bits per heavy atom. The van der Waals surface area contributed by atoms with E-state index in [0.29, 0.717) is 11.6 Å². The molecule has 0 aliphatic heterocycles. The first-order chi connectivity index (χ1) is 8.79. The van der Waals surface area contributed by atoms with E-state index in [1.54, 1.807) is 0 Å². The van der Waals surface area contributed by atoms with Gasteiger partial charge in [-0.3, -0.25) is 0 Å². The Kier molecular flexibility index (Phi) is 4.11. The molecule has 0 saturated heterocycles. The van der Waals surface area contributed by atoms with E-state index in [2.05, 4.69) is 42.6 Å². The summed E-state index contributed by atoms with van der Waals surface area (Å²) in [6.07, 6.45) is 0. The Bertz CT molecular complexity index is 523. The second kappa shape index (κ2) is 6.00. The normalized spacial score (nSPS) is 11.8. The van der Waals surface area contributed by atoms with Crippen molar-refractivity contribution in [1.82, 2.24) is 5.32 Å². The molecule has 0 unspecified atom stereocenters. The molecule has 2 aromatic carbocycles. The quantitative estimate of drug-likeness (QED) is 0.883. The molecule has 0 aromatic heterocycles. The van der Waals surface area contributed by atoms with Crippen LogP contribution in [0.15, 0.2) is 54.6 Å². The minimum atomic E-state index is 0.321. The van der Waals surface area contributed by atoms with Crippen molar-refractivity contribution in [2.45, 2.75) is 19.5 Å². The Balaban J connectivity index is 1.93. The van der Waals surface area contributed by atoms with Crippen LogP contribution in [-0.4, -0.2) is 0 Å². The van der Waals surface area contributed by atoms with Crippen LogP contribution in [0.3, 0.4) is 0 Å². The van der Waals surface area contributed by atoms with Crippen LogP contribution in [0.1, 0.15) is 29.7 Å². The second-order valence-electron chi connectivity index (χ2n) is 4.32. The van der Waals surface area contributed by atoms with Crippen LogP contribution in [-0.2, 0) is 6.54 Å². The van der Waals surface area contributed by atoms with Gasteiger partial charge in [0.1, 0.15) is 0 Å². The molecule has 0 bridgehead atoms. The third-order valence-electron chi connectivity index (χ3n) is 2.99. The van der Waals surface area contributed by atoms with Crippen LogP contribution in [0, 0.1) is 11.3 Å². The van der Waals surface area contributed by atoms with Gasteiger partial charge in [0, 0.05) is 12.6 Å². The third kappa shape index (κ3) is 3.19. The van der Waals surface area contributed by atoms with E-state index in [4.69, 9.17) is 5.26 Å². The lowest BCUT2D eigenvalue weighted by Crippen LogP contribution is -2.17. The average molecular weight is 236 g/mol. The van der Waals surface area contributed by atoms with Crippen LogP contribution < -0.4 is 5.32 Å². The van der Waals surface area contributed by atoms with Gasteiger partial charge >= 0.3 is 0 Å². The number of hydrogen-bond donors (Lipinski definition) is 1. The molecule has 1 atom stereocenters. The number of nitrogens with one attached hydrogen (secondary N) is 1. The molecular formula is C16H16N2. The zero-order chi connectivity index (χ0) is 12.8. The van der Waals surface area contributed by atoms with Gasteiger partial charge in [0.15, 0.2) is 0 Å². The summed E-state index contributed by atoms with van der Waals surface area (Å²) in [5, 5.41) is 12.2. The first-order valence-electron chi connectivity index (χ1n) is 6.07. The molecular weight excluding hydrogens is 220 g/mol. The highest BCUT2D eigenvalue weighted by molar-refractivity contribution is 5.31. The van der Waals surface area contributed by atoms with Crippen molar-refractivity contribution in [2.75, 3.05) is 0 Å². The predicted molar refractivity (Wildman–Crippen MR) is 72.9 cm³/mol. The Morgan fingerprint density at radius 1 is 1.06 bits per heavy atom. The molecule has 2 aromatic rings. The SMILES string of the molecule is C[C@@H](NCc1ccc(C#N)cc1)c1ccccc1. The van der Waals surface area contributed by atoms with Crippen molar-refractivity contribution >= 4 is 0 Å². The smallest absolute Gasteiger partial charge is 0.0991 e. The lowest BCUT2D eigenvalue weighted by Gasteiger charge is -2.14. The summed E-state index contributed by atoms with van der Waals surface area (Å²) in [5.74, 6) is 0. The third-order valence-corrected chi connectivity index (χ3v) is 2.99. The van der Waals surface area contributed by atoms with Gasteiger partial charge in [0.2, 0.25) is 0 Å². The highest BCUT2D eigenvalue weighted by atomic mass is 14.9. The van der Waals surface area contributed by atoms with Gasteiger partial charge in [0.05, 0.1) is 11.6 Å². The van der Waals surface area contributed by atoms with E-state index in [9.17, 15) is 0 Å². The predicted octanol–water partition coefficient (Wildman–Crippen LogP) is 3.41. The number of benzene rings is 2. The van der Waals surface area contributed by atoms with Gasteiger partial charge in [0.25, 0.3) is 0 Å². The van der Waals surface area contributed by atoms with Crippen molar-refractivity contribution < 1.29 is 0 Å². The first kappa shape index (κ1) is 12.3. The van der Waals surface area contributed by atoms with Gasteiger partial charge < -0.3 is 5.32 Å². The molecule has 18 heavy (non-hydrogen) atoms. The second-order valence-corrected chi connectivity index (χ2v) is 4.32. The zero-order valence-electron chi connectivity index (χ0n) is 10.4. The summed E-state index contributed by atoms with van der Waals surface area (Å²) in [7, 11) is 0. The van der Waals surface area contributed by atoms with Crippen molar-refractivity contribution in [3.05, 3.63) is 71.3 Å². The number of nitrogens with zero attached hydrogens (tertiary/aromatic N) is 1. The number of rotatable bonds is 4. The van der Waals surface area contributed by atoms with Crippen LogP contribution in [0.4, 0.5) is 0 Å². The molecule has 0 aliphatic carbocycles. The van der Waals surface area contributed by atoms with Crippen LogP contribution in [0.2, 0.25) is 0 Å². The topological polar surface area (TPSA) is 35.8 Å². The lowest BCUT2D eigenvalue weighted by molar-refractivity contribution is 0.575. The van der Waals surface area contributed by atoms with E-state index >= 15 is 0 Å². The van der Waals surface area contributed by atoms with Crippen LogP contribution in [0.25, 0.3) is 0 Å². The van der Waals surface area contributed by atoms with E-state index < -0.39 is 0 Å². The van der Waals surface area contributed by atoms with Gasteiger partial charge in [-0.15, -0.1) is 0 Å². The molecule has 0 fully saturated rings. The average Bonchev–Trinajstić information content (AvgIpc) is 2.46. The summed E-state index contributed by atoms with van der Waals surface area (Å²) in [4.78, 5) is 0. The maximum atomic E-state index is 8.73. The lowest BCUT2D eigenvalue weighted by atomic mass is 10.1. The Labute approximate surface area is 108 Å². The molecule has 0 aliphatic rings. The van der Waals surface area contributed by atoms with E-state index in [-0.39, 0.29) is 0 Å². The Hall–Kier alpha value is -2.11. The monoisotopic (exact) mass is 236 g/mol. The highest BCUT2D eigenvalue weighted by Gasteiger charge is 2.03. The van der Waals surface area contributed by atoms with Gasteiger partial charge in [-0.05, 0) is 30.2 Å². The molecule has 2 rings (SSSR count). The van der Waals surface area contributed by atoms with Crippen molar-refractivity contribution in [2.24, 2.45) is 0 Å². The summed E-state index contributed by atoms with van der Waals surface area (Å²) in [6.45, 7) is 2.96. The fourth-order valence-electron chi connectivity index (χ4n) is 1.83. The summed E-state index contributed by atoms with van der Waals surface area (Å²) < 4.78 is 0. The Morgan fingerprint density at radius 2 is 1.72 bits per heavy atom. The van der Waals surface area contributed by atoms with E-state index in [1.807, 2.05) is 30.3 Å². The largest absolute Gasteiger partial charge is 0.306 e. The fraction of sp³-hybridized carbons (Fsp3) is 0.188. The standard InChI is InChI=1S/C16H16N2/c1-13(16-5-3-2-4-6-16)18-12-15-9-7-14(11-17)8-10-15/h2-10,13,18H,12H2,1H3/t13-/m1/s1. The highest BCUT2D eigenvalue weighted by Crippen LogP contribution is 2.12. The molecule has 0 amide bonds. The maximum Gasteiger partial charge on any atom is 0.0991 e. The van der Waals surface area contributed by atoms with Gasteiger partial charge in [-0.25, -0.2) is 0 Å². The minimum Gasteiger partial charge on any atom is -0.306 e. The molecule has 1 N–H and O–H groups in total. The van der Waals surface area contributed by atoms with E-state index in [1.165, 1.54) is 11.1 Å². The molecule has 0 radical (unpaired) electrons. The molecule has 0 saturated carbocycles. The van der Waals surface area contributed by atoms with Crippen LogP contribution >= 0.6 is 0 Å². The van der Waals surface area contributed by atoms with Crippen molar-refractivity contribution in [1.29, 1.82) is 5.26 Å². The minimum absolute atomic E-state index is 0.321. The first-order valence-corrected chi connectivity index (χ1v) is 6.07. The summed E-state index contributed by atoms with van der Waals surface area (Å²) in [6, 6.07) is 20.5. The zero-order valence-corrected chi connectivity index (χ0v) is 10.4. The van der Waals surface area contributed by atoms with Crippen molar-refractivity contribution in [3.63, 3.8) is 0 Å². The summed E-state index contributed by atoms with van der Waals surface area (Å²) >= 11 is 0. The van der Waals surface area contributed by atoms with Crippen molar-refractivity contribution in [3.8, 4) is 6.07 Å². The summed E-state index contributed by atoms with van der Waals surface area (Å²) in [5.41, 5.74) is 3.18. The van der Waals surface area contributed by atoms with Gasteiger partial charge in [-0.2, -0.15) is 5.26 Å². The molecule has 2 nitrogen and oxygen atoms in total. The van der Waals surface area contributed by atoms with Gasteiger partial charge in [-0.1, -0.05) is 42.5 Å². The van der Waals surface area contributed by atoms with E-state index in [0.717, 1.165) is 6.54 Å². The molecule has 0 heterocycles.